The molecule has 0 spiro atoms. The van der Waals surface area contributed by atoms with Gasteiger partial charge in [-0.15, -0.1) is 0 Å². The van der Waals surface area contributed by atoms with Crippen LogP contribution in [0, 0.1) is 0 Å². The number of benzene rings is 1. The highest BCUT2D eigenvalue weighted by Gasteiger charge is 2.13. The number of aromatic hydroxyl groups is 1. The molecule has 80 valence electrons. The van der Waals surface area contributed by atoms with E-state index in [1.54, 1.807) is 0 Å². The van der Waals surface area contributed by atoms with Gasteiger partial charge in [-0.2, -0.15) is 0 Å². The molecule has 5 nitrogen and oxygen atoms in total. The monoisotopic (exact) mass is 209 g/mol. The second kappa shape index (κ2) is 4.45. The SMILES string of the molecule is CNC(=O)c1cc(C(=O)OC)ccc1O. The normalized spacial score (nSPS) is 9.47. The summed E-state index contributed by atoms with van der Waals surface area (Å²) < 4.78 is 4.49. The van der Waals surface area contributed by atoms with Crippen LogP contribution in [0.5, 0.6) is 5.75 Å². The highest BCUT2D eigenvalue weighted by molar-refractivity contribution is 5.99. The molecule has 1 aromatic carbocycles. The second-order valence-electron chi connectivity index (χ2n) is 2.80. The average molecular weight is 209 g/mol. The molecule has 0 aliphatic carbocycles. The van der Waals surface area contributed by atoms with Gasteiger partial charge in [0.2, 0.25) is 0 Å². The van der Waals surface area contributed by atoms with E-state index in [0.29, 0.717) is 0 Å². The van der Waals surface area contributed by atoms with E-state index in [-0.39, 0.29) is 16.9 Å². The Bertz CT molecular complexity index is 400. The summed E-state index contributed by atoms with van der Waals surface area (Å²) >= 11 is 0. The van der Waals surface area contributed by atoms with Crippen molar-refractivity contribution in [3.05, 3.63) is 29.3 Å². The second-order valence-corrected chi connectivity index (χ2v) is 2.80. The van der Waals surface area contributed by atoms with Crippen molar-refractivity contribution in [3.63, 3.8) is 0 Å². The number of carbonyl (C=O) groups excluding carboxylic acids is 2. The van der Waals surface area contributed by atoms with Crippen molar-refractivity contribution in [1.82, 2.24) is 5.32 Å². The van der Waals surface area contributed by atoms with Gasteiger partial charge in [-0.1, -0.05) is 0 Å². The molecule has 1 aromatic rings. The fourth-order valence-electron chi connectivity index (χ4n) is 1.10. The molecule has 0 heterocycles. The molecule has 0 aliphatic rings. The predicted octanol–water partition coefficient (Wildman–Crippen LogP) is 0.538. The Kier molecular flexibility index (Phi) is 3.28. The first-order valence-corrected chi connectivity index (χ1v) is 4.23. The summed E-state index contributed by atoms with van der Waals surface area (Å²) in [6, 6.07) is 3.93. The lowest BCUT2D eigenvalue weighted by Crippen LogP contribution is -2.18. The van der Waals surface area contributed by atoms with Crippen molar-refractivity contribution in [2.24, 2.45) is 0 Å². The molecule has 1 rings (SSSR count). The summed E-state index contributed by atoms with van der Waals surface area (Å²) in [5.74, 6) is -1.19. The van der Waals surface area contributed by atoms with Crippen LogP contribution in [0.4, 0.5) is 0 Å². The first-order valence-electron chi connectivity index (χ1n) is 4.23. The van der Waals surface area contributed by atoms with E-state index in [9.17, 15) is 14.7 Å². The maximum atomic E-state index is 11.3. The Hall–Kier alpha value is -2.04. The third kappa shape index (κ3) is 2.25. The van der Waals surface area contributed by atoms with Crippen LogP contribution >= 0.6 is 0 Å². The van der Waals surface area contributed by atoms with Crippen molar-refractivity contribution < 1.29 is 19.4 Å². The van der Waals surface area contributed by atoms with Gasteiger partial charge in [0.1, 0.15) is 5.75 Å². The van der Waals surface area contributed by atoms with Crippen LogP contribution in [0.3, 0.4) is 0 Å². The number of esters is 1. The molecule has 0 aromatic heterocycles. The Morgan fingerprint density at radius 3 is 2.60 bits per heavy atom. The summed E-state index contributed by atoms with van der Waals surface area (Å²) in [6.07, 6.45) is 0. The summed E-state index contributed by atoms with van der Waals surface area (Å²) in [4.78, 5) is 22.4. The van der Waals surface area contributed by atoms with E-state index in [2.05, 4.69) is 10.1 Å². The maximum Gasteiger partial charge on any atom is 0.337 e. The molecule has 0 fully saturated rings. The Morgan fingerprint density at radius 2 is 2.07 bits per heavy atom. The van der Waals surface area contributed by atoms with Crippen LogP contribution in [0.1, 0.15) is 20.7 Å². The molecule has 5 heteroatoms. The fourth-order valence-corrected chi connectivity index (χ4v) is 1.10. The quantitative estimate of drug-likeness (QED) is 0.697. The van der Waals surface area contributed by atoms with Crippen molar-refractivity contribution in [2.75, 3.05) is 14.2 Å². The summed E-state index contributed by atoms with van der Waals surface area (Å²) in [5.41, 5.74) is 0.259. The zero-order valence-electron chi connectivity index (χ0n) is 8.40. The van der Waals surface area contributed by atoms with E-state index >= 15 is 0 Å². The summed E-state index contributed by atoms with van der Waals surface area (Å²) in [7, 11) is 2.68. The molecule has 0 saturated carbocycles. The van der Waals surface area contributed by atoms with Gasteiger partial charge in [0.15, 0.2) is 0 Å². The van der Waals surface area contributed by atoms with E-state index in [1.165, 1.54) is 32.4 Å². The number of hydrogen-bond acceptors (Lipinski definition) is 4. The first kappa shape index (κ1) is 11.0. The van der Waals surface area contributed by atoms with Crippen LogP contribution in [0.2, 0.25) is 0 Å². The molecule has 15 heavy (non-hydrogen) atoms. The highest BCUT2D eigenvalue weighted by Crippen LogP contribution is 2.18. The average Bonchev–Trinajstić information content (AvgIpc) is 2.27. The van der Waals surface area contributed by atoms with Crippen LogP contribution in [0.25, 0.3) is 0 Å². The molecule has 1 amide bonds. The maximum absolute atomic E-state index is 11.3. The van der Waals surface area contributed by atoms with Crippen molar-refractivity contribution in [1.29, 1.82) is 0 Å². The number of methoxy groups -OCH3 is 1. The molecule has 0 radical (unpaired) electrons. The molecule has 2 N–H and O–H groups in total. The van der Waals surface area contributed by atoms with Crippen LogP contribution < -0.4 is 5.32 Å². The standard InChI is InChI=1S/C10H11NO4/c1-11-9(13)7-5-6(10(14)15-2)3-4-8(7)12/h3-5,12H,1-2H3,(H,11,13). The van der Waals surface area contributed by atoms with Gasteiger partial charge in [0.25, 0.3) is 5.91 Å². The summed E-state index contributed by atoms with van der Waals surface area (Å²) in [5, 5.41) is 11.7. The van der Waals surface area contributed by atoms with E-state index < -0.39 is 11.9 Å². The largest absolute Gasteiger partial charge is 0.507 e. The zero-order chi connectivity index (χ0) is 11.4. The number of rotatable bonds is 2. The van der Waals surface area contributed by atoms with Crippen molar-refractivity contribution in [2.45, 2.75) is 0 Å². The van der Waals surface area contributed by atoms with Gasteiger partial charge >= 0.3 is 5.97 Å². The lowest BCUT2D eigenvalue weighted by atomic mass is 10.1. The smallest absolute Gasteiger partial charge is 0.337 e. The molecule has 0 saturated heterocycles. The van der Waals surface area contributed by atoms with Crippen molar-refractivity contribution in [3.8, 4) is 5.75 Å². The number of ether oxygens (including phenoxy) is 1. The van der Waals surface area contributed by atoms with E-state index in [0.717, 1.165) is 0 Å². The topological polar surface area (TPSA) is 75.6 Å². The molecular weight excluding hydrogens is 198 g/mol. The molecule has 0 unspecified atom stereocenters. The predicted molar refractivity (Wildman–Crippen MR) is 52.8 cm³/mol. The molecule has 0 atom stereocenters. The lowest BCUT2D eigenvalue weighted by molar-refractivity contribution is 0.0600. The number of amides is 1. The number of hydrogen-bond donors (Lipinski definition) is 2. The van der Waals surface area contributed by atoms with Crippen LogP contribution in [-0.4, -0.2) is 31.1 Å². The molecule has 0 bridgehead atoms. The van der Waals surface area contributed by atoms with Gasteiger partial charge in [0.05, 0.1) is 18.2 Å². The Morgan fingerprint density at radius 1 is 1.40 bits per heavy atom. The number of carbonyl (C=O) groups is 2. The minimum atomic E-state index is -0.555. The first-order chi connectivity index (χ1) is 7.10. The Balaban J connectivity index is 3.16. The minimum absolute atomic E-state index is 0.0420. The van der Waals surface area contributed by atoms with Gasteiger partial charge < -0.3 is 15.2 Å². The number of phenols is 1. The van der Waals surface area contributed by atoms with Gasteiger partial charge in [-0.25, -0.2) is 4.79 Å². The molecular formula is C10H11NO4. The third-order valence-electron chi connectivity index (χ3n) is 1.89. The Labute approximate surface area is 86.7 Å². The van der Waals surface area contributed by atoms with Crippen LogP contribution in [-0.2, 0) is 4.74 Å². The highest BCUT2D eigenvalue weighted by atomic mass is 16.5. The van der Waals surface area contributed by atoms with Gasteiger partial charge in [-0.3, -0.25) is 4.79 Å². The molecule has 0 aliphatic heterocycles. The third-order valence-corrected chi connectivity index (χ3v) is 1.89. The summed E-state index contributed by atoms with van der Waals surface area (Å²) in [6.45, 7) is 0. The zero-order valence-corrected chi connectivity index (χ0v) is 8.40. The lowest BCUT2D eigenvalue weighted by Gasteiger charge is -2.05. The van der Waals surface area contributed by atoms with Crippen LogP contribution in [0.15, 0.2) is 18.2 Å². The number of phenolic OH excluding ortho intramolecular Hbond substituents is 1. The van der Waals surface area contributed by atoms with Gasteiger partial charge in [-0.05, 0) is 18.2 Å². The number of nitrogens with one attached hydrogen (secondary N) is 1. The van der Waals surface area contributed by atoms with Gasteiger partial charge in [0, 0.05) is 7.05 Å². The van der Waals surface area contributed by atoms with E-state index in [1.807, 2.05) is 0 Å². The van der Waals surface area contributed by atoms with Crippen molar-refractivity contribution >= 4 is 11.9 Å². The van der Waals surface area contributed by atoms with E-state index in [4.69, 9.17) is 0 Å². The fraction of sp³-hybridized carbons (Fsp3) is 0.200. The minimum Gasteiger partial charge on any atom is -0.507 e.